The maximum Gasteiger partial charge on any atom is 0.118 e. The Balaban J connectivity index is 2.13. The molecule has 0 unspecified atom stereocenters. The van der Waals surface area contributed by atoms with Crippen molar-refractivity contribution in [2.24, 2.45) is 0 Å². The van der Waals surface area contributed by atoms with Crippen LogP contribution in [-0.2, 0) is 12.8 Å². The average molecular weight is 298 g/mol. The molecule has 0 aliphatic carbocycles. The largest absolute Gasteiger partial charge is 0.312 e. The minimum Gasteiger partial charge on any atom is -0.312 e. The van der Waals surface area contributed by atoms with Gasteiger partial charge in [0.2, 0.25) is 0 Å². The SMILES string of the molecule is CCCCCCCCc1nnc(CCNC(C)(C)C)s1. The molecular formula is C16H31N3S. The van der Waals surface area contributed by atoms with E-state index in [9.17, 15) is 0 Å². The van der Waals surface area contributed by atoms with Gasteiger partial charge in [0.1, 0.15) is 10.0 Å². The fourth-order valence-corrected chi connectivity index (χ4v) is 2.98. The van der Waals surface area contributed by atoms with E-state index in [1.165, 1.54) is 48.5 Å². The molecule has 1 N–H and O–H groups in total. The molecule has 1 heterocycles. The van der Waals surface area contributed by atoms with E-state index in [2.05, 4.69) is 43.2 Å². The Hall–Kier alpha value is -0.480. The van der Waals surface area contributed by atoms with Gasteiger partial charge in [-0.25, -0.2) is 0 Å². The second-order valence-corrected chi connectivity index (χ2v) is 7.68. The van der Waals surface area contributed by atoms with Gasteiger partial charge in [-0.2, -0.15) is 0 Å². The lowest BCUT2D eigenvalue weighted by Crippen LogP contribution is -2.37. The minimum atomic E-state index is 0.187. The van der Waals surface area contributed by atoms with E-state index in [0.717, 1.165) is 19.4 Å². The fourth-order valence-electron chi connectivity index (χ4n) is 2.09. The van der Waals surface area contributed by atoms with E-state index < -0.39 is 0 Å². The molecular weight excluding hydrogens is 266 g/mol. The molecule has 0 amide bonds. The van der Waals surface area contributed by atoms with E-state index in [4.69, 9.17) is 0 Å². The maximum absolute atomic E-state index is 4.31. The summed E-state index contributed by atoms with van der Waals surface area (Å²) in [5, 5.41) is 14.5. The molecule has 20 heavy (non-hydrogen) atoms. The third-order valence-corrected chi connectivity index (χ3v) is 4.29. The molecule has 3 nitrogen and oxygen atoms in total. The standard InChI is InChI=1S/C16H31N3S/c1-5-6-7-8-9-10-11-14-18-19-15(20-14)12-13-17-16(2,3)4/h17H,5-13H2,1-4H3. The summed E-state index contributed by atoms with van der Waals surface area (Å²) in [4.78, 5) is 0. The first kappa shape index (κ1) is 17.6. The van der Waals surface area contributed by atoms with Crippen LogP contribution in [0.15, 0.2) is 0 Å². The van der Waals surface area contributed by atoms with E-state index in [-0.39, 0.29) is 5.54 Å². The molecule has 1 rings (SSSR count). The normalized spacial score (nSPS) is 12.0. The highest BCUT2D eigenvalue weighted by Crippen LogP contribution is 2.14. The summed E-state index contributed by atoms with van der Waals surface area (Å²) < 4.78 is 0. The van der Waals surface area contributed by atoms with Crippen LogP contribution in [0.3, 0.4) is 0 Å². The summed E-state index contributed by atoms with van der Waals surface area (Å²) in [7, 11) is 0. The lowest BCUT2D eigenvalue weighted by molar-refractivity contribution is 0.429. The number of aryl methyl sites for hydroxylation is 1. The van der Waals surface area contributed by atoms with Crippen molar-refractivity contribution < 1.29 is 0 Å². The van der Waals surface area contributed by atoms with E-state index >= 15 is 0 Å². The number of rotatable bonds is 10. The number of unbranched alkanes of at least 4 members (excludes halogenated alkanes) is 5. The molecule has 0 aromatic carbocycles. The van der Waals surface area contributed by atoms with Gasteiger partial charge in [0, 0.05) is 24.9 Å². The first-order valence-corrected chi connectivity index (χ1v) is 8.89. The fraction of sp³-hybridized carbons (Fsp3) is 0.875. The summed E-state index contributed by atoms with van der Waals surface area (Å²) in [6.07, 6.45) is 10.2. The number of hydrogen-bond donors (Lipinski definition) is 1. The minimum absolute atomic E-state index is 0.187. The number of hydrogen-bond acceptors (Lipinski definition) is 4. The molecule has 0 spiro atoms. The van der Waals surface area contributed by atoms with Crippen molar-refractivity contribution >= 4 is 11.3 Å². The highest BCUT2D eigenvalue weighted by molar-refractivity contribution is 7.11. The van der Waals surface area contributed by atoms with Gasteiger partial charge in [-0.1, -0.05) is 39.0 Å². The van der Waals surface area contributed by atoms with Crippen LogP contribution in [-0.4, -0.2) is 22.3 Å². The quantitative estimate of drug-likeness (QED) is 0.652. The Labute approximate surface area is 128 Å². The molecule has 0 radical (unpaired) electrons. The molecule has 116 valence electrons. The molecule has 0 aliphatic heterocycles. The van der Waals surface area contributed by atoms with Gasteiger partial charge < -0.3 is 5.32 Å². The number of nitrogens with zero attached hydrogens (tertiary/aromatic N) is 2. The highest BCUT2D eigenvalue weighted by Gasteiger charge is 2.09. The molecule has 0 saturated carbocycles. The van der Waals surface area contributed by atoms with Gasteiger partial charge in [0.15, 0.2) is 0 Å². The molecule has 0 bridgehead atoms. The van der Waals surface area contributed by atoms with Crippen LogP contribution in [0.1, 0.15) is 76.2 Å². The summed E-state index contributed by atoms with van der Waals surface area (Å²) in [6.45, 7) is 9.82. The first-order valence-electron chi connectivity index (χ1n) is 8.07. The summed E-state index contributed by atoms with van der Waals surface area (Å²) in [5.41, 5.74) is 0.187. The Bertz CT molecular complexity index is 355. The molecule has 0 saturated heterocycles. The Kier molecular flexibility index (Phi) is 8.31. The molecule has 0 atom stereocenters. The lowest BCUT2D eigenvalue weighted by Gasteiger charge is -2.19. The van der Waals surface area contributed by atoms with Crippen molar-refractivity contribution in [1.29, 1.82) is 0 Å². The zero-order valence-electron chi connectivity index (χ0n) is 13.7. The van der Waals surface area contributed by atoms with Crippen LogP contribution < -0.4 is 5.32 Å². The van der Waals surface area contributed by atoms with Crippen molar-refractivity contribution in [3.63, 3.8) is 0 Å². The predicted octanol–water partition coefficient (Wildman–Crippen LogP) is 4.37. The Morgan fingerprint density at radius 2 is 1.50 bits per heavy atom. The Morgan fingerprint density at radius 3 is 2.15 bits per heavy atom. The number of nitrogens with one attached hydrogen (secondary N) is 1. The van der Waals surface area contributed by atoms with Gasteiger partial charge in [-0.3, -0.25) is 0 Å². The number of aromatic nitrogens is 2. The Morgan fingerprint density at radius 1 is 0.900 bits per heavy atom. The third-order valence-electron chi connectivity index (χ3n) is 3.25. The van der Waals surface area contributed by atoms with Crippen molar-refractivity contribution in [1.82, 2.24) is 15.5 Å². The second kappa shape index (κ2) is 9.46. The van der Waals surface area contributed by atoms with Crippen LogP contribution in [0.2, 0.25) is 0 Å². The second-order valence-electron chi connectivity index (χ2n) is 6.53. The summed E-state index contributed by atoms with van der Waals surface area (Å²) >= 11 is 1.79. The summed E-state index contributed by atoms with van der Waals surface area (Å²) in [5.74, 6) is 0. The van der Waals surface area contributed by atoms with Crippen LogP contribution in [0.25, 0.3) is 0 Å². The highest BCUT2D eigenvalue weighted by atomic mass is 32.1. The van der Waals surface area contributed by atoms with Crippen LogP contribution in [0.4, 0.5) is 0 Å². The third kappa shape index (κ3) is 8.64. The van der Waals surface area contributed by atoms with E-state index in [1.54, 1.807) is 11.3 Å². The molecule has 1 aromatic rings. The van der Waals surface area contributed by atoms with Gasteiger partial charge in [0.05, 0.1) is 0 Å². The zero-order valence-corrected chi connectivity index (χ0v) is 14.5. The molecule has 0 aliphatic rings. The summed E-state index contributed by atoms with van der Waals surface area (Å²) in [6, 6.07) is 0. The predicted molar refractivity (Wildman–Crippen MR) is 88.4 cm³/mol. The molecule has 0 fully saturated rings. The maximum atomic E-state index is 4.31. The van der Waals surface area contributed by atoms with Crippen molar-refractivity contribution in [3.05, 3.63) is 10.0 Å². The topological polar surface area (TPSA) is 37.8 Å². The van der Waals surface area contributed by atoms with Crippen molar-refractivity contribution in [3.8, 4) is 0 Å². The lowest BCUT2D eigenvalue weighted by atomic mass is 10.1. The van der Waals surface area contributed by atoms with Crippen LogP contribution in [0.5, 0.6) is 0 Å². The van der Waals surface area contributed by atoms with Gasteiger partial charge >= 0.3 is 0 Å². The average Bonchev–Trinajstić information content (AvgIpc) is 2.80. The van der Waals surface area contributed by atoms with Crippen molar-refractivity contribution in [2.75, 3.05) is 6.54 Å². The van der Waals surface area contributed by atoms with E-state index in [1.807, 2.05) is 0 Å². The molecule has 1 aromatic heterocycles. The van der Waals surface area contributed by atoms with Crippen molar-refractivity contribution in [2.45, 2.75) is 84.6 Å². The first-order chi connectivity index (χ1) is 9.51. The van der Waals surface area contributed by atoms with Gasteiger partial charge in [-0.15, -0.1) is 21.5 Å². The monoisotopic (exact) mass is 297 g/mol. The van der Waals surface area contributed by atoms with Crippen LogP contribution >= 0.6 is 11.3 Å². The van der Waals surface area contributed by atoms with Gasteiger partial charge in [0.25, 0.3) is 0 Å². The zero-order chi connectivity index (χ0) is 14.8. The van der Waals surface area contributed by atoms with Gasteiger partial charge in [-0.05, 0) is 27.2 Å². The van der Waals surface area contributed by atoms with Crippen LogP contribution in [0, 0.1) is 0 Å². The molecule has 4 heteroatoms. The smallest absolute Gasteiger partial charge is 0.118 e. The van der Waals surface area contributed by atoms with E-state index in [0.29, 0.717) is 0 Å².